The van der Waals surface area contributed by atoms with Gasteiger partial charge in [0.1, 0.15) is 9.84 Å². The van der Waals surface area contributed by atoms with Gasteiger partial charge in [0.25, 0.3) is 0 Å². The van der Waals surface area contributed by atoms with Crippen LogP contribution in [0.1, 0.15) is 26.7 Å². The highest BCUT2D eigenvalue weighted by Crippen LogP contribution is 1.94. The first-order valence-electron chi connectivity index (χ1n) is 4.89. The Morgan fingerprint density at radius 2 is 2.14 bits per heavy atom. The molecule has 0 aliphatic rings. The molecule has 3 nitrogen and oxygen atoms in total. The first-order chi connectivity index (χ1) is 6.52. The van der Waals surface area contributed by atoms with Crippen molar-refractivity contribution < 1.29 is 8.42 Å². The zero-order chi connectivity index (χ0) is 11.0. The van der Waals surface area contributed by atoms with Crippen LogP contribution < -0.4 is 5.32 Å². The fraction of sp³-hybridized carbons (Fsp3) is 0.800. The van der Waals surface area contributed by atoms with Crippen LogP contribution in [0.3, 0.4) is 0 Å². The van der Waals surface area contributed by atoms with E-state index in [1.165, 1.54) is 0 Å². The van der Waals surface area contributed by atoms with E-state index >= 15 is 0 Å². The van der Waals surface area contributed by atoms with Gasteiger partial charge in [0.15, 0.2) is 0 Å². The molecule has 0 saturated carbocycles. The van der Waals surface area contributed by atoms with Gasteiger partial charge in [-0.1, -0.05) is 6.92 Å². The molecule has 1 N–H and O–H groups in total. The molecule has 4 heteroatoms. The van der Waals surface area contributed by atoms with E-state index in [9.17, 15) is 8.42 Å². The van der Waals surface area contributed by atoms with E-state index in [0.717, 1.165) is 0 Å². The van der Waals surface area contributed by atoms with E-state index in [0.29, 0.717) is 19.4 Å². The molecule has 0 heterocycles. The maximum Gasteiger partial charge on any atom is 0.150 e. The molecule has 1 unspecified atom stereocenters. The maximum absolute atomic E-state index is 11.1. The van der Waals surface area contributed by atoms with Gasteiger partial charge in [-0.05, 0) is 19.9 Å². The molecular weight excluding hydrogens is 198 g/mol. The van der Waals surface area contributed by atoms with Crippen molar-refractivity contribution >= 4 is 9.84 Å². The summed E-state index contributed by atoms with van der Waals surface area (Å²) in [7, 11) is -2.81. The third kappa shape index (κ3) is 6.93. The molecular formula is C10H19NO2S. The minimum atomic E-state index is -2.81. The summed E-state index contributed by atoms with van der Waals surface area (Å²) >= 11 is 0. The second-order valence-corrected chi connectivity index (χ2v) is 5.83. The summed E-state index contributed by atoms with van der Waals surface area (Å²) in [5, 5.41) is 3.17. The molecule has 0 saturated heterocycles. The van der Waals surface area contributed by atoms with Gasteiger partial charge in [0.2, 0.25) is 0 Å². The molecule has 0 fully saturated rings. The second-order valence-electron chi connectivity index (χ2n) is 3.35. The van der Waals surface area contributed by atoms with Gasteiger partial charge >= 0.3 is 0 Å². The van der Waals surface area contributed by atoms with Gasteiger partial charge in [0.05, 0.1) is 5.75 Å². The van der Waals surface area contributed by atoms with E-state index in [1.54, 1.807) is 6.92 Å². The Labute approximate surface area is 87.2 Å². The lowest BCUT2D eigenvalue weighted by atomic mass is 10.2. The van der Waals surface area contributed by atoms with E-state index < -0.39 is 9.84 Å². The summed E-state index contributed by atoms with van der Waals surface area (Å²) in [5.41, 5.74) is 0. The van der Waals surface area contributed by atoms with Gasteiger partial charge in [-0.15, -0.1) is 12.3 Å². The molecule has 0 bridgehead atoms. The Morgan fingerprint density at radius 1 is 1.50 bits per heavy atom. The molecule has 0 aromatic rings. The van der Waals surface area contributed by atoms with Crippen LogP contribution in [0.25, 0.3) is 0 Å². The largest absolute Gasteiger partial charge is 0.313 e. The van der Waals surface area contributed by atoms with Crippen LogP contribution in [0.4, 0.5) is 0 Å². The molecule has 0 radical (unpaired) electrons. The lowest BCUT2D eigenvalue weighted by Gasteiger charge is -2.09. The predicted molar refractivity (Wildman–Crippen MR) is 59.9 cm³/mol. The minimum Gasteiger partial charge on any atom is -0.313 e. The Hall–Kier alpha value is -0.530. The molecule has 0 aromatic carbocycles. The highest BCUT2D eigenvalue weighted by Gasteiger charge is 2.06. The smallest absolute Gasteiger partial charge is 0.150 e. The van der Waals surface area contributed by atoms with Gasteiger partial charge in [-0.2, -0.15) is 0 Å². The first-order valence-corrected chi connectivity index (χ1v) is 6.71. The fourth-order valence-electron chi connectivity index (χ4n) is 1.03. The summed E-state index contributed by atoms with van der Waals surface area (Å²) < 4.78 is 22.2. The van der Waals surface area contributed by atoms with Crippen molar-refractivity contribution in [2.75, 3.05) is 18.1 Å². The number of nitrogens with one attached hydrogen (secondary N) is 1. The zero-order valence-electron chi connectivity index (χ0n) is 8.91. The normalized spacial score (nSPS) is 13.5. The first kappa shape index (κ1) is 13.5. The van der Waals surface area contributed by atoms with Crippen molar-refractivity contribution in [1.29, 1.82) is 0 Å². The monoisotopic (exact) mass is 217 g/mol. The third-order valence-corrected chi connectivity index (χ3v) is 3.78. The molecule has 1 atom stereocenters. The van der Waals surface area contributed by atoms with E-state index in [4.69, 9.17) is 6.42 Å². The van der Waals surface area contributed by atoms with Crippen molar-refractivity contribution in [2.24, 2.45) is 0 Å². The summed E-state index contributed by atoms with van der Waals surface area (Å²) in [5.74, 6) is 3.05. The van der Waals surface area contributed by atoms with Crippen molar-refractivity contribution in [3.63, 3.8) is 0 Å². The summed E-state index contributed by atoms with van der Waals surface area (Å²) in [4.78, 5) is 0. The molecule has 0 rings (SSSR count). The zero-order valence-corrected chi connectivity index (χ0v) is 9.73. The van der Waals surface area contributed by atoms with Crippen LogP contribution in [0, 0.1) is 12.3 Å². The topological polar surface area (TPSA) is 46.2 Å². The van der Waals surface area contributed by atoms with Crippen LogP contribution in [-0.4, -0.2) is 32.5 Å². The van der Waals surface area contributed by atoms with Crippen LogP contribution in [0.15, 0.2) is 0 Å². The van der Waals surface area contributed by atoms with Gasteiger partial charge in [-0.3, -0.25) is 0 Å². The van der Waals surface area contributed by atoms with Gasteiger partial charge in [-0.25, -0.2) is 8.42 Å². The van der Waals surface area contributed by atoms with Gasteiger partial charge in [0, 0.05) is 18.2 Å². The predicted octanol–water partition coefficient (Wildman–Crippen LogP) is 0.813. The van der Waals surface area contributed by atoms with Crippen LogP contribution >= 0.6 is 0 Å². The number of terminal acetylenes is 1. The van der Waals surface area contributed by atoms with E-state index in [1.807, 2.05) is 6.92 Å². The lowest BCUT2D eigenvalue weighted by molar-refractivity contribution is 0.550. The molecule has 0 aliphatic carbocycles. The number of rotatable bonds is 7. The molecule has 0 spiro atoms. The van der Waals surface area contributed by atoms with Crippen molar-refractivity contribution in [3.05, 3.63) is 0 Å². The summed E-state index contributed by atoms with van der Waals surface area (Å²) in [6.45, 7) is 4.37. The van der Waals surface area contributed by atoms with Crippen LogP contribution in [0.2, 0.25) is 0 Å². The lowest BCUT2D eigenvalue weighted by Crippen LogP contribution is -2.27. The SMILES string of the molecule is C#CCC(C)NCCCS(=O)(=O)CC. The molecule has 14 heavy (non-hydrogen) atoms. The van der Waals surface area contributed by atoms with Crippen molar-refractivity contribution in [1.82, 2.24) is 5.32 Å². The average molecular weight is 217 g/mol. The summed E-state index contributed by atoms with van der Waals surface area (Å²) in [6, 6.07) is 0.268. The Morgan fingerprint density at radius 3 is 2.64 bits per heavy atom. The number of sulfone groups is 1. The van der Waals surface area contributed by atoms with Crippen molar-refractivity contribution in [2.45, 2.75) is 32.7 Å². The summed E-state index contributed by atoms with van der Waals surface area (Å²) in [6.07, 6.45) is 6.48. The quantitative estimate of drug-likeness (QED) is 0.507. The van der Waals surface area contributed by atoms with Crippen LogP contribution in [-0.2, 0) is 9.84 Å². The average Bonchev–Trinajstić information content (AvgIpc) is 2.13. The third-order valence-electron chi connectivity index (χ3n) is 1.99. The Bertz CT molecular complexity index is 277. The highest BCUT2D eigenvalue weighted by molar-refractivity contribution is 7.91. The maximum atomic E-state index is 11.1. The minimum absolute atomic E-state index is 0.229. The molecule has 0 aliphatic heterocycles. The second kappa shape index (κ2) is 6.86. The van der Waals surface area contributed by atoms with E-state index in [2.05, 4.69) is 11.2 Å². The number of hydrogen-bond donors (Lipinski definition) is 1. The van der Waals surface area contributed by atoms with Crippen LogP contribution in [0.5, 0.6) is 0 Å². The fourth-order valence-corrected chi connectivity index (χ4v) is 1.91. The van der Waals surface area contributed by atoms with E-state index in [-0.39, 0.29) is 17.5 Å². The molecule has 0 amide bonds. The van der Waals surface area contributed by atoms with Crippen molar-refractivity contribution in [3.8, 4) is 12.3 Å². The Kier molecular flexibility index (Phi) is 6.60. The highest BCUT2D eigenvalue weighted by atomic mass is 32.2. The molecule has 82 valence electrons. The van der Waals surface area contributed by atoms with Gasteiger partial charge < -0.3 is 5.32 Å². The number of hydrogen-bond acceptors (Lipinski definition) is 3. The Balaban J connectivity index is 3.53. The standard InChI is InChI=1S/C10H19NO2S/c1-4-7-10(3)11-8-6-9-14(12,13)5-2/h1,10-11H,5-9H2,2-3H3. The molecule has 0 aromatic heterocycles.